The van der Waals surface area contributed by atoms with Gasteiger partial charge in [-0.05, 0) is 54.8 Å². The van der Waals surface area contributed by atoms with E-state index in [4.69, 9.17) is 5.73 Å². The van der Waals surface area contributed by atoms with Gasteiger partial charge in [-0.3, -0.25) is 14.6 Å². The third-order valence-electron chi connectivity index (χ3n) is 4.87. The van der Waals surface area contributed by atoms with E-state index in [-0.39, 0.29) is 22.9 Å². The highest BCUT2D eigenvalue weighted by molar-refractivity contribution is 6.08. The number of rotatable bonds is 8. The van der Waals surface area contributed by atoms with Crippen LogP contribution in [0.3, 0.4) is 0 Å². The van der Waals surface area contributed by atoms with E-state index in [0.717, 1.165) is 12.0 Å². The zero-order valence-electron chi connectivity index (χ0n) is 17.3. The van der Waals surface area contributed by atoms with E-state index in [0.29, 0.717) is 24.2 Å². The lowest BCUT2D eigenvalue weighted by Crippen LogP contribution is -2.25. The van der Waals surface area contributed by atoms with Crippen LogP contribution in [-0.2, 0) is 6.42 Å². The molecule has 0 aliphatic carbocycles. The molecule has 8 nitrogen and oxygen atoms in total. The number of primary amides is 1. The summed E-state index contributed by atoms with van der Waals surface area (Å²) in [5.41, 5.74) is 7.70. The molecular weight excluding hydrogens is 434 g/mol. The number of benzene rings is 2. The predicted octanol–water partition coefficient (Wildman–Crippen LogP) is 3.80. The number of nitrogens with zero attached hydrogens (tertiary/aromatic N) is 1. The summed E-state index contributed by atoms with van der Waals surface area (Å²) in [6.45, 7) is 0.567. The zero-order chi connectivity index (χ0) is 23.4. The van der Waals surface area contributed by atoms with Crippen molar-refractivity contribution in [3.05, 3.63) is 77.6 Å². The molecule has 0 unspecified atom stereocenters. The van der Waals surface area contributed by atoms with Crippen LogP contribution in [0.25, 0.3) is 0 Å². The van der Waals surface area contributed by atoms with Crippen molar-refractivity contribution in [2.24, 2.45) is 5.73 Å². The van der Waals surface area contributed by atoms with Gasteiger partial charge in [-0.15, -0.1) is 8.78 Å². The van der Waals surface area contributed by atoms with Crippen LogP contribution in [0.2, 0.25) is 0 Å². The van der Waals surface area contributed by atoms with Gasteiger partial charge in [-0.2, -0.15) is 0 Å². The minimum atomic E-state index is -3.72. The Hall–Kier alpha value is -4.21. The summed E-state index contributed by atoms with van der Waals surface area (Å²) in [7, 11) is 0. The Morgan fingerprint density at radius 2 is 1.82 bits per heavy atom. The number of ether oxygens (including phenoxy) is 2. The average Bonchev–Trinajstić information content (AvgIpc) is 3.10. The number of carbonyl (C=O) groups is 2. The normalized spacial score (nSPS) is 13.4. The number of nitrogens with two attached hydrogens (primary N) is 1. The Morgan fingerprint density at radius 1 is 1.03 bits per heavy atom. The summed E-state index contributed by atoms with van der Waals surface area (Å²) in [6.07, 6.45) is -0.764. The molecule has 1 aliphatic heterocycles. The topological polar surface area (TPSA) is 116 Å². The third-order valence-corrected chi connectivity index (χ3v) is 4.87. The summed E-state index contributed by atoms with van der Waals surface area (Å²) in [5.74, 6) is -1.24. The van der Waals surface area contributed by atoms with Crippen LogP contribution in [-0.4, -0.2) is 29.6 Å². The number of carbonyl (C=O) groups excluding carboxylic acids is 2. The smallest absolute Gasteiger partial charge is 0.395 e. The lowest BCUT2D eigenvalue weighted by atomic mass is 10.1. The summed E-state index contributed by atoms with van der Waals surface area (Å²) >= 11 is 0. The van der Waals surface area contributed by atoms with Gasteiger partial charge in [0.1, 0.15) is 5.69 Å². The average molecular weight is 454 g/mol. The van der Waals surface area contributed by atoms with Crippen molar-refractivity contribution < 1.29 is 27.8 Å². The van der Waals surface area contributed by atoms with Gasteiger partial charge in [-0.25, -0.2) is 0 Å². The molecule has 0 bridgehead atoms. The van der Waals surface area contributed by atoms with Crippen molar-refractivity contribution in [3.8, 4) is 11.5 Å². The van der Waals surface area contributed by atoms with Crippen molar-refractivity contribution >= 4 is 23.2 Å². The van der Waals surface area contributed by atoms with Gasteiger partial charge >= 0.3 is 6.29 Å². The Balaban J connectivity index is 1.36. The van der Waals surface area contributed by atoms with Crippen molar-refractivity contribution in [1.82, 2.24) is 4.98 Å². The number of amides is 2. The van der Waals surface area contributed by atoms with Crippen molar-refractivity contribution in [3.63, 3.8) is 0 Å². The second-order valence-electron chi connectivity index (χ2n) is 7.27. The Morgan fingerprint density at radius 3 is 2.64 bits per heavy atom. The van der Waals surface area contributed by atoms with Crippen LogP contribution in [0.4, 0.5) is 20.2 Å². The third kappa shape index (κ3) is 5.35. The van der Waals surface area contributed by atoms with E-state index in [2.05, 4.69) is 25.1 Å². The molecule has 2 amide bonds. The largest absolute Gasteiger partial charge is 0.586 e. The van der Waals surface area contributed by atoms with E-state index >= 15 is 0 Å². The highest BCUT2D eigenvalue weighted by Crippen LogP contribution is 2.42. The fourth-order valence-corrected chi connectivity index (χ4v) is 3.34. The zero-order valence-corrected chi connectivity index (χ0v) is 17.3. The lowest BCUT2D eigenvalue weighted by molar-refractivity contribution is -0.286. The maximum Gasteiger partial charge on any atom is 0.586 e. The van der Waals surface area contributed by atoms with Crippen molar-refractivity contribution in [2.75, 3.05) is 17.2 Å². The van der Waals surface area contributed by atoms with Gasteiger partial charge in [0.2, 0.25) is 0 Å². The monoisotopic (exact) mass is 454 g/mol. The van der Waals surface area contributed by atoms with Crippen molar-refractivity contribution in [1.29, 1.82) is 0 Å². The SMILES string of the molecule is NC(=O)c1cc(CCCNc2ccccc2C(=O)Nc2ccc3c(c2)OC(F)(F)O3)ccn1. The number of pyridine rings is 1. The number of para-hydroxylation sites is 1. The Kier molecular flexibility index (Phi) is 6.07. The summed E-state index contributed by atoms with van der Waals surface area (Å²) in [6, 6.07) is 14.4. The Bertz CT molecular complexity index is 1200. The molecule has 4 rings (SSSR count). The number of hydrogen-bond donors (Lipinski definition) is 3. The molecule has 1 aliphatic rings. The van der Waals surface area contributed by atoms with E-state index in [1.54, 1.807) is 36.5 Å². The van der Waals surface area contributed by atoms with E-state index in [9.17, 15) is 18.4 Å². The minimum absolute atomic E-state index is 0.0998. The molecule has 0 atom stereocenters. The molecule has 4 N–H and O–H groups in total. The van der Waals surface area contributed by atoms with Gasteiger partial charge < -0.3 is 25.8 Å². The number of alkyl halides is 2. The van der Waals surface area contributed by atoms with Crippen LogP contribution >= 0.6 is 0 Å². The molecule has 0 radical (unpaired) electrons. The fourth-order valence-electron chi connectivity index (χ4n) is 3.34. The van der Waals surface area contributed by atoms with Crippen LogP contribution in [0, 0.1) is 0 Å². The van der Waals surface area contributed by atoms with Crippen LogP contribution in [0.1, 0.15) is 32.8 Å². The molecule has 33 heavy (non-hydrogen) atoms. The second kappa shape index (κ2) is 9.11. The lowest BCUT2D eigenvalue weighted by Gasteiger charge is -2.12. The van der Waals surface area contributed by atoms with E-state index < -0.39 is 18.1 Å². The highest BCUT2D eigenvalue weighted by Gasteiger charge is 2.43. The first kappa shape index (κ1) is 22.0. The number of aromatic nitrogens is 1. The molecule has 170 valence electrons. The van der Waals surface area contributed by atoms with Gasteiger partial charge in [0, 0.05) is 30.2 Å². The van der Waals surface area contributed by atoms with Gasteiger partial charge in [0.25, 0.3) is 11.8 Å². The maximum atomic E-state index is 13.2. The number of halogens is 2. The fraction of sp³-hybridized carbons (Fsp3) is 0.174. The first-order valence-corrected chi connectivity index (χ1v) is 10.1. The first-order valence-electron chi connectivity index (χ1n) is 10.1. The minimum Gasteiger partial charge on any atom is -0.395 e. The molecule has 10 heteroatoms. The molecule has 0 fully saturated rings. The molecule has 1 aromatic heterocycles. The van der Waals surface area contributed by atoms with Crippen LogP contribution in [0.5, 0.6) is 11.5 Å². The number of nitrogens with one attached hydrogen (secondary N) is 2. The second-order valence-corrected chi connectivity index (χ2v) is 7.27. The van der Waals surface area contributed by atoms with Crippen molar-refractivity contribution in [2.45, 2.75) is 19.1 Å². The number of anilines is 2. The van der Waals surface area contributed by atoms with Crippen LogP contribution in [0.15, 0.2) is 60.8 Å². The molecule has 0 saturated heterocycles. The predicted molar refractivity (Wildman–Crippen MR) is 117 cm³/mol. The summed E-state index contributed by atoms with van der Waals surface area (Å²) in [4.78, 5) is 28.0. The summed E-state index contributed by atoms with van der Waals surface area (Å²) < 4.78 is 35.2. The first-order chi connectivity index (χ1) is 15.8. The molecular formula is C23H20F2N4O4. The van der Waals surface area contributed by atoms with Gasteiger partial charge in [0.15, 0.2) is 11.5 Å². The number of hydrogen-bond acceptors (Lipinski definition) is 6. The highest BCUT2D eigenvalue weighted by atomic mass is 19.3. The standard InChI is InChI=1S/C23H20F2N4O4/c24-23(25)32-19-8-7-15(13-20(19)33-23)29-22(31)16-5-1-2-6-17(16)27-10-3-4-14-9-11-28-18(12-14)21(26)30/h1-2,5-9,11-13,27H,3-4,10H2,(H2,26,30)(H,29,31). The summed E-state index contributed by atoms with van der Waals surface area (Å²) in [5, 5.41) is 5.91. The van der Waals surface area contributed by atoms with E-state index in [1.807, 2.05) is 6.07 Å². The molecule has 2 aromatic carbocycles. The Labute approximate surface area is 187 Å². The maximum absolute atomic E-state index is 13.2. The van der Waals surface area contributed by atoms with E-state index in [1.165, 1.54) is 18.2 Å². The van der Waals surface area contributed by atoms with Gasteiger partial charge in [0.05, 0.1) is 5.56 Å². The number of fused-ring (bicyclic) bond motifs is 1. The van der Waals surface area contributed by atoms with Gasteiger partial charge in [-0.1, -0.05) is 12.1 Å². The molecule has 0 saturated carbocycles. The molecule has 3 aromatic rings. The molecule has 2 heterocycles. The molecule has 0 spiro atoms. The number of aryl methyl sites for hydroxylation is 1. The van der Waals surface area contributed by atoms with Crippen LogP contribution < -0.4 is 25.8 Å². The quantitative estimate of drug-likeness (QED) is 0.446.